The summed E-state index contributed by atoms with van der Waals surface area (Å²) in [6, 6.07) is 8.13. The van der Waals surface area contributed by atoms with Gasteiger partial charge >= 0.3 is 0 Å². The number of aliphatic imine (C=N–C) groups is 1. The third kappa shape index (κ3) is 5.21. The molecule has 0 radical (unpaired) electrons. The highest BCUT2D eigenvalue weighted by atomic mass is 16.5. The molecule has 0 bridgehead atoms. The van der Waals surface area contributed by atoms with Gasteiger partial charge in [0.1, 0.15) is 17.1 Å². The number of hydrogen-bond acceptors (Lipinski definition) is 6. The van der Waals surface area contributed by atoms with Crippen LogP contribution >= 0.6 is 0 Å². The average Bonchev–Trinajstić information content (AvgIpc) is 2.73. The minimum atomic E-state index is -0.598. The Kier molecular flexibility index (Phi) is 7.23. The first kappa shape index (κ1) is 20.1. The van der Waals surface area contributed by atoms with Crippen molar-refractivity contribution >= 4 is 17.1 Å². The predicted octanol–water partition coefficient (Wildman–Crippen LogP) is 3.28. The number of anilines is 2. The Morgan fingerprint density at radius 2 is 1.82 bits per heavy atom. The van der Waals surface area contributed by atoms with Crippen LogP contribution in [0.15, 0.2) is 38.8 Å². The lowest BCUT2D eigenvalue weighted by Crippen LogP contribution is -2.37. The zero-order valence-electron chi connectivity index (χ0n) is 16.3. The van der Waals surface area contributed by atoms with Crippen molar-refractivity contribution in [1.29, 1.82) is 0 Å². The van der Waals surface area contributed by atoms with Gasteiger partial charge in [-0.2, -0.15) is 0 Å². The van der Waals surface area contributed by atoms with Gasteiger partial charge in [-0.05, 0) is 43.4 Å². The summed E-state index contributed by atoms with van der Waals surface area (Å²) in [5, 5.41) is 2.91. The van der Waals surface area contributed by atoms with E-state index in [0.717, 1.165) is 24.3 Å². The normalized spacial score (nSPS) is 15.8. The molecule has 3 N–H and O–H groups in total. The van der Waals surface area contributed by atoms with E-state index < -0.39 is 10.9 Å². The topological polar surface area (TPSA) is 93.8 Å². The Hall–Kier alpha value is -2.63. The van der Waals surface area contributed by atoms with E-state index in [1.807, 2.05) is 12.1 Å². The molecule has 2 aromatic carbocycles. The molecule has 0 fully saturated rings. The van der Waals surface area contributed by atoms with Gasteiger partial charge in [0.15, 0.2) is 0 Å². The van der Waals surface area contributed by atoms with Crippen molar-refractivity contribution < 1.29 is 4.74 Å². The maximum Gasteiger partial charge on any atom is 0.253 e. The summed E-state index contributed by atoms with van der Waals surface area (Å²) in [5.74, 6) is 0.825. The van der Waals surface area contributed by atoms with Gasteiger partial charge in [-0.1, -0.05) is 37.8 Å². The number of ether oxygens (including phenoxy) is 1. The minimum Gasteiger partial charge on any atom is -0.494 e. The molecule has 0 amide bonds. The molecule has 1 heterocycles. The van der Waals surface area contributed by atoms with Gasteiger partial charge in [-0.15, -0.1) is 0 Å². The van der Waals surface area contributed by atoms with Gasteiger partial charge in [0.05, 0.1) is 6.61 Å². The van der Waals surface area contributed by atoms with Crippen LogP contribution in [0.1, 0.15) is 56.9 Å². The third-order valence-corrected chi connectivity index (χ3v) is 5.13. The van der Waals surface area contributed by atoms with Crippen molar-refractivity contribution in [3.63, 3.8) is 0 Å². The molecule has 28 heavy (non-hydrogen) atoms. The Bertz CT molecular complexity index is 881. The fraction of sp³-hybridized carbons (Fsp3) is 0.500. The fourth-order valence-electron chi connectivity index (χ4n) is 3.47. The molecule has 0 saturated carbocycles. The number of nitrogens with zero attached hydrogens (tertiary/aromatic N) is 1. The largest absolute Gasteiger partial charge is 0.494 e. The van der Waals surface area contributed by atoms with Gasteiger partial charge in [0.25, 0.3) is 10.9 Å². The highest BCUT2D eigenvalue weighted by molar-refractivity contribution is 6.00. The quantitative estimate of drug-likeness (QED) is 0.565. The van der Waals surface area contributed by atoms with Crippen molar-refractivity contribution in [3.8, 4) is 5.75 Å². The summed E-state index contributed by atoms with van der Waals surface area (Å²) in [4.78, 5) is 27.3. The lowest BCUT2D eigenvalue weighted by atomic mass is 10.0. The van der Waals surface area contributed by atoms with Crippen LogP contribution in [0.3, 0.4) is 0 Å². The molecule has 0 aromatic heterocycles. The summed E-state index contributed by atoms with van der Waals surface area (Å²) < 4.78 is 5.85. The molecule has 0 saturated heterocycles. The molecule has 3 rings (SSSR count). The summed E-state index contributed by atoms with van der Waals surface area (Å²) in [6.07, 6.45) is 9.29. The van der Waals surface area contributed by atoms with Gasteiger partial charge in [0, 0.05) is 18.8 Å². The molecule has 1 aliphatic rings. The van der Waals surface area contributed by atoms with E-state index in [-0.39, 0.29) is 11.4 Å². The van der Waals surface area contributed by atoms with Crippen LogP contribution in [0.5, 0.6) is 5.75 Å². The Morgan fingerprint density at radius 3 is 2.64 bits per heavy atom. The van der Waals surface area contributed by atoms with Gasteiger partial charge in [-0.25, -0.2) is 0 Å². The van der Waals surface area contributed by atoms with E-state index in [2.05, 4.69) is 17.4 Å². The first-order valence-corrected chi connectivity index (χ1v) is 10.3. The number of nitrogens with one attached hydrogen (secondary N) is 1. The molecule has 6 nitrogen and oxygen atoms in total. The molecule has 1 aliphatic heterocycles. The van der Waals surface area contributed by atoms with Gasteiger partial charge in [0.2, 0.25) is 0 Å². The first-order chi connectivity index (χ1) is 13.7. The zero-order valence-corrected chi connectivity index (χ0v) is 16.3. The van der Waals surface area contributed by atoms with Gasteiger partial charge < -0.3 is 15.8 Å². The fourth-order valence-corrected chi connectivity index (χ4v) is 3.47. The Morgan fingerprint density at radius 1 is 1.04 bits per heavy atom. The molecule has 0 spiro atoms. The molecular formula is C22H29N3O3. The number of rotatable bonds is 7. The molecule has 150 valence electrons. The standard InChI is InChI=1S/C22H29N3O3/c23-19-20(22(27)21(19)26)25-13-8-14-28-17-10-7-9-16(15-17)18-11-5-3-1-2-4-6-12-24-18/h7,9-10,15,25H,1-6,8,11-14,23H2. The predicted molar refractivity (Wildman–Crippen MR) is 115 cm³/mol. The molecule has 2 aromatic rings. The van der Waals surface area contributed by atoms with E-state index in [1.54, 1.807) is 0 Å². The monoisotopic (exact) mass is 383 g/mol. The van der Waals surface area contributed by atoms with Crippen LogP contribution in [0.4, 0.5) is 11.4 Å². The second kappa shape index (κ2) is 10.1. The molecule has 0 unspecified atom stereocenters. The van der Waals surface area contributed by atoms with Crippen molar-refractivity contribution in [3.05, 3.63) is 50.3 Å². The zero-order chi connectivity index (χ0) is 19.8. The first-order valence-electron chi connectivity index (χ1n) is 10.3. The van der Waals surface area contributed by atoms with Crippen molar-refractivity contribution in [2.24, 2.45) is 4.99 Å². The maximum absolute atomic E-state index is 11.3. The van der Waals surface area contributed by atoms with E-state index in [4.69, 9.17) is 15.5 Å². The molecule has 6 heteroatoms. The van der Waals surface area contributed by atoms with Crippen molar-refractivity contribution in [2.45, 2.75) is 51.4 Å². The summed E-state index contributed by atoms with van der Waals surface area (Å²) in [5.41, 5.74) is 6.97. The Balaban J connectivity index is 1.49. The highest BCUT2D eigenvalue weighted by Crippen LogP contribution is 2.19. The van der Waals surface area contributed by atoms with E-state index >= 15 is 0 Å². The summed E-state index contributed by atoms with van der Waals surface area (Å²) in [7, 11) is 0. The second-order valence-corrected chi connectivity index (χ2v) is 7.30. The van der Waals surface area contributed by atoms with Crippen LogP contribution < -0.4 is 26.6 Å². The highest BCUT2D eigenvalue weighted by Gasteiger charge is 2.16. The molecular weight excluding hydrogens is 354 g/mol. The van der Waals surface area contributed by atoms with Crippen molar-refractivity contribution in [2.75, 3.05) is 30.7 Å². The van der Waals surface area contributed by atoms with Crippen LogP contribution in [0.2, 0.25) is 0 Å². The minimum absolute atomic E-state index is 0.0325. The van der Waals surface area contributed by atoms with Crippen molar-refractivity contribution in [1.82, 2.24) is 0 Å². The van der Waals surface area contributed by atoms with Crippen LogP contribution in [0.25, 0.3) is 0 Å². The Labute approximate surface area is 165 Å². The third-order valence-electron chi connectivity index (χ3n) is 5.13. The van der Waals surface area contributed by atoms with Crippen LogP contribution in [0, 0.1) is 0 Å². The average molecular weight is 383 g/mol. The number of nitrogen functional groups attached to an aromatic ring is 1. The van der Waals surface area contributed by atoms with E-state index in [0.29, 0.717) is 19.6 Å². The lowest BCUT2D eigenvalue weighted by molar-refractivity contribution is 0.315. The lowest BCUT2D eigenvalue weighted by Gasteiger charge is -2.13. The van der Waals surface area contributed by atoms with Crippen LogP contribution in [-0.2, 0) is 0 Å². The number of benzene rings is 1. The molecule has 0 atom stereocenters. The summed E-state index contributed by atoms with van der Waals surface area (Å²) >= 11 is 0. The van der Waals surface area contributed by atoms with E-state index in [1.165, 1.54) is 44.2 Å². The summed E-state index contributed by atoms with van der Waals surface area (Å²) in [6.45, 7) is 1.95. The molecule has 0 aliphatic carbocycles. The second-order valence-electron chi connectivity index (χ2n) is 7.30. The van der Waals surface area contributed by atoms with Gasteiger partial charge in [-0.3, -0.25) is 14.6 Å². The van der Waals surface area contributed by atoms with E-state index in [9.17, 15) is 9.59 Å². The maximum atomic E-state index is 11.3. The SMILES string of the molecule is Nc1c(NCCCOc2cccc(C3=NCCCCCCCC3)c2)c(=O)c1=O. The number of hydrogen-bond donors (Lipinski definition) is 2. The van der Waals surface area contributed by atoms with Crippen LogP contribution in [-0.4, -0.2) is 25.4 Å². The number of nitrogens with two attached hydrogens (primary N) is 1. The smallest absolute Gasteiger partial charge is 0.253 e.